The minimum Gasteiger partial charge on any atom is -0.480 e. The number of aliphatic hydroxyl groups is 1. The Bertz CT molecular complexity index is 617. The third-order valence-electron chi connectivity index (χ3n) is 2.63. The van der Waals surface area contributed by atoms with E-state index in [-0.39, 0.29) is 18.3 Å². The molecular weight excluding hydrogens is 332 g/mol. The van der Waals surface area contributed by atoms with Gasteiger partial charge in [0, 0.05) is 0 Å². The minimum absolute atomic E-state index is 0.0410. The van der Waals surface area contributed by atoms with Crippen molar-refractivity contribution in [2.45, 2.75) is 12.6 Å². The molecule has 0 unspecified atom stereocenters. The first-order chi connectivity index (χ1) is 10.9. The fourth-order valence-corrected chi connectivity index (χ4v) is 2.53. The number of aliphatic hydroxyl groups excluding tert-OH is 1. The molecule has 1 aromatic heterocycles. The number of hydrogen-bond donors (Lipinski definition) is 6. The zero-order chi connectivity index (χ0) is 16.9. The van der Waals surface area contributed by atoms with Crippen molar-refractivity contribution in [3.8, 4) is 0 Å². The SMILES string of the molecule is O=C(O)[C@H](CO)NS(O)(O)NCc1nc(C2=NCCN=C2)no1. The molecule has 0 radical (unpaired) electrons. The van der Waals surface area contributed by atoms with E-state index in [1.54, 1.807) is 0 Å². The average molecular weight is 348 g/mol. The molecule has 23 heavy (non-hydrogen) atoms. The maximum atomic E-state index is 10.7. The number of nitrogens with one attached hydrogen (secondary N) is 2. The van der Waals surface area contributed by atoms with Crippen molar-refractivity contribution in [1.29, 1.82) is 0 Å². The van der Waals surface area contributed by atoms with Gasteiger partial charge in [0.15, 0.2) is 0 Å². The molecular formula is C10H16N6O6S. The van der Waals surface area contributed by atoms with Gasteiger partial charge in [-0.2, -0.15) is 14.4 Å². The molecule has 1 atom stereocenters. The van der Waals surface area contributed by atoms with Gasteiger partial charge in [0.2, 0.25) is 11.7 Å². The number of carboxylic acid groups (broad SMARTS) is 1. The summed E-state index contributed by atoms with van der Waals surface area (Å²) in [7, 11) is -3.68. The van der Waals surface area contributed by atoms with Crippen LogP contribution in [0.25, 0.3) is 0 Å². The van der Waals surface area contributed by atoms with Crippen LogP contribution in [0.1, 0.15) is 11.7 Å². The van der Waals surface area contributed by atoms with E-state index in [2.05, 4.69) is 24.8 Å². The predicted molar refractivity (Wildman–Crippen MR) is 80.4 cm³/mol. The molecule has 0 aromatic carbocycles. The third-order valence-corrected chi connectivity index (χ3v) is 3.79. The second-order valence-corrected chi connectivity index (χ2v) is 6.00. The van der Waals surface area contributed by atoms with Crippen LogP contribution < -0.4 is 9.44 Å². The molecule has 13 heteroatoms. The molecule has 0 saturated carbocycles. The first-order valence-corrected chi connectivity index (χ1v) is 7.97. The van der Waals surface area contributed by atoms with Crippen LogP contribution in [-0.4, -0.2) is 73.1 Å². The summed E-state index contributed by atoms with van der Waals surface area (Å²) in [4.78, 5) is 22.9. The highest BCUT2D eigenvalue weighted by Crippen LogP contribution is 2.29. The molecule has 0 saturated heterocycles. The van der Waals surface area contributed by atoms with Gasteiger partial charge in [0.05, 0.1) is 32.5 Å². The molecule has 12 nitrogen and oxygen atoms in total. The summed E-state index contributed by atoms with van der Waals surface area (Å²) in [6.45, 7) is 0.0787. The highest BCUT2D eigenvalue weighted by molar-refractivity contribution is 8.21. The summed E-state index contributed by atoms with van der Waals surface area (Å²) in [5.74, 6) is -1.17. The molecule has 0 fully saturated rings. The Morgan fingerprint density at radius 1 is 1.43 bits per heavy atom. The second-order valence-electron chi connectivity index (χ2n) is 4.38. The maximum Gasteiger partial charge on any atom is 0.324 e. The van der Waals surface area contributed by atoms with Gasteiger partial charge in [0.25, 0.3) is 0 Å². The van der Waals surface area contributed by atoms with Crippen LogP contribution >= 0.6 is 11.0 Å². The smallest absolute Gasteiger partial charge is 0.324 e. The van der Waals surface area contributed by atoms with Crippen LogP contribution in [0.15, 0.2) is 14.5 Å². The fourth-order valence-electron chi connectivity index (χ4n) is 1.55. The highest BCUT2D eigenvalue weighted by atomic mass is 32.3. The van der Waals surface area contributed by atoms with Gasteiger partial charge in [-0.3, -0.25) is 23.9 Å². The summed E-state index contributed by atoms with van der Waals surface area (Å²) in [5, 5.41) is 21.3. The zero-order valence-corrected chi connectivity index (χ0v) is 12.6. The number of aliphatic carboxylic acids is 1. The summed E-state index contributed by atoms with van der Waals surface area (Å²) in [5.41, 5.74) is 0.460. The van der Waals surface area contributed by atoms with E-state index in [0.29, 0.717) is 18.8 Å². The van der Waals surface area contributed by atoms with Gasteiger partial charge in [-0.25, -0.2) is 0 Å². The lowest BCUT2D eigenvalue weighted by molar-refractivity contribution is -0.139. The quantitative estimate of drug-likeness (QED) is 0.328. The Kier molecular flexibility index (Phi) is 5.75. The van der Waals surface area contributed by atoms with Gasteiger partial charge in [-0.1, -0.05) is 16.1 Å². The number of hydrogen-bond acceptors (Lipinski definition) is 11. The number of nitrogens with zero attached hydrogens (tertiary/aromatic N) is 4. The monoisotopic (exact) mass is 348 g/mol. The Balaban J connectivity index is 1.92. The first kappa shape index (κ1) is 17.5. The van der Waals surface area contributed by atoms with Crippen LogP contribution in [-0.2, 0) is 11.3 Å². The highest BCUT2D eigenvalue weighted by Gasteiger charge is 2.24. The summed E-state index contributed by atoms with van der Waals surface area (Å²) in [6, 6.07) is -1.53. The van der Waals surface area contributed by atoms with Crippen molar-refractivity contribution in [3.05, 3.63) is 11.7 Å². The van der Waals surface area contributed by atoms with Crippen LogP contribution in [0.4, 0.5) is 0 Å². The maximum absolute atomic E-state index is 10.7. The lowest BCUT2D eigenvalue weighted by Gasteiger charge is -2.34. The summed E-state index contributed by atoms with van der Waals surface area (Å²) >= 11 is 0. The van der Waals surface area contributed by atoms with Gasteiger partial charge in [0.1, 0.15) is 11.8 Å². The van der Waals surface area contributed by atoms with Gasteiger partial charge in [-0.05, 0) is 0 Å². The van der Waals surface area contributed by atoms with E-state index in [9.17, 15) is 13.9 Å². The number of carbonyl (C=O) groups is 1. The third kappa shape index (κ3) is 5.05. The van der Waals surface area contributed by atoms with Crippen LogP contribution in [0.2, 0.25) is 0 Å². The van der Waals surface area contributed by atoms with E-state index in [1.807, 2.05) is 4.72 Å². The van der Waals surface area contributed by atoms with Crippen molar-refractivity contribution in [1.82, 2.24) is 19.6 Å². The minimum atomic E-state index is -3.68. The Morgan fingerprint density at radius 3 is 2.83 bits per heavy atom. The largest absolute Gasteiger partial charge is 0.480 e. The molecule has 0 aliphatic carbocycles. The Morgan fingerprint density at radius 2 is 2.22 bits per heavy atom. The number of aromatic nitrogens is 2. The normalized spacial score (nSPS) is 16.9. The van der Waals surface area contributed by atoms with Crippen molar-refractivity contribution < 1.29 is 28.6 Å². The van der Waals surface area contributed by atoms with Gasteiger partial charge < -0.3 is 14.7 Å². The molecule has 2 heterocycles. The van der Waals surface area contributed by atoms with Crippen LogP contribution in [0.3, 0.4) is 0 Å². The molecule has 0 amide bonds. The molecule has 1 aliphatic rings. The second kappa shape index (κ2) is 7.58. The first-order valence-electron chi connectivity index (χ1n) is 6.42. The van der Waals surface area contributed by atoms with E-state index < -0.39 is 29.6 Å². The van der Waals surface area contributed by atoms with E-state index in [1.165, 1.54) is 6.21 Å². The van der Waals surface area contributed by atoms with Crippen LogP contribution in [0.5, 0.6) is 0 Å². The number of carboxylic acids is 1. The van der Waals surface area contributed by atoms with Crippen molar-refractivity contribution in [3.63, 3.8) is 0 Å². The molecule has 2 rings (SSSR count). The topological polar surface area (TPSA) is 186 Å². The molecule has 0 spiro atoms. The molecule has 6 N–H and O–H groups in total. The fraction of sp³-hybridized carbons (Fsp3) is 0.500. The molecule has 0 bridgehead atoms. The summed E-state index contributed by atoms with van der Waals surface area (Å²) in [6.07, 6.45) is 1.51. The predicted octanol–water partition coefficient (Wildman–Crippen LogP) is -1.35. The molecule has 1 aromatic rings. The Hall–Kier alpha value is -1.90. The number of aliphatic imine (C=N–C) groups is 2. The van der Waals surface area contributed by atoms with Gasteiger partial charge in [-0.15, -0.1) is 0 Å². The molecule has 128 valence electrons. The standard InChI is InChI=1S/C10H16N6O6S/c17-5-7(10(18)19)16-23(20,21)13-4-8-14-9(15-22-8)6-3-11-1-2-12-6/h3,7,13,16-17,20-21H,1-2,4-5H2,(H,18,19)/t7-/m0/s1. The lowest BCUT2D eigenvalue weighted by atomic mass is 10.3. The van der Waals surface area contributed by atoms with Crippen molar-refractivity contribution in [2.75, 3.05) is 19.7 Å². The average Bonchev–Trinajstić information content (AvgIpc) is 3.00. The van der Waals surface area contributed by atoms with E-state index in [4.69, 9.17) is 14.7 Å². The van der Waals surface area contributed by atoms with E-state index in [0.717, 1.165) is 0 Å². The Labute approximate surface area is 132 Å². The summed E-state index contributed by atoms with van der Waals surface area (Å²) < 4.78 is 28.5. The zero-order valence-electron chi connectivity index (χ0n) is 11.8. The van der Waals surface area contributed by atoms with Crippen molar-refractivity contribution >= 4 is 28.9 Å². The van der Waals surface area contributed by atoms with Crippen LogP contribution in [0, 0.1) is 0 Å². The van der Waals surface area contributed by atoms with Crippen molar-refractivity contribution in [2.24, 2.45) is 9.98 Å². The van der Waals surface area contributed by atoms with Gasteiger partial charge >= 0.3 is 5.97 Å². The lowest BCUT2D eigenvalue weighted by Crippen LogP contribution is -2.45. The number of rotatable bonds is 8. The van der Waals surface area contributed by atoms with E-state index >= 15 is 0 Å². The molecule has 1 aliphatic heterocycles.